The van der Waals surface area contributed by atoms with E-state index >= 15 is 0 Å². The minimum atomic E-state index is -0.383. The van der Waals surface area contributed by atoms with Gasteiger partial charge in [-0.1, -0.05) is 52.0 Å². The number of carbonyl (C=O) groups excluding carboxylic acids is 2. The highest BCUT2D eigenvalue weighted by Crippen LogP contribution is 2.19. The van der Waals surface area contributed by atoms with Gasteiger partial charge in [-0.05, 0) is 44.5 Å². The summed E-state index contributed by atoms with van der Waals surface area (Å²) in [7, 11) is 0. The Bertz CT molecular complexity index is 558. The molecular formula is C20H33N3O2. The molecule has 0 heterocycles. The molecule has 0 bridgehead atoms. The highest BCUT2D eigenvalue weighted by molar-refractivity contribution is 5.93. The fourth-order valence-corrected chi connectivity index (χ4v) is 2.27. The monoisotopic (exact) mass is 347 g/mol. The van der Waals surface area contributed by atoms with Crippen molar-refractivity contribution in [2.45, 2.75) is 47.5 Å². The normalized spacial score (nSPS) is 10.0. The van der Waals surface area contributed by atoms with E-state index in [0.29, 0.717) is 12.1 Å². The van der Waals surface area contributed by atoms with Gasteiger partial charge in [-0.2, -0.15) is 0 Å². The van der Waals surface area contributed by atoms with Crippen LogP contribution < -0.4 is 11.1 Å². The molecule has 0 radical (unpaired) electrons. The van der Waals surface area contributed by atoms with E-state index in [0.717, 1.165) is 42.7 Å². The Labute approximate surface area is 152 Å². The zero-order chi connectivity index (χ0) is 19.4. The van der Waals surface area contributed by atoms with Gasteiger partial charge in [0.2, 0.25) is 11.8 Å². The molecule has 0 unspecified atom stereocenters. The molecule has 0 aliphatic heterocycles. The summed E-state index contributed by atoms with van der Waals surface area (Å²) in [6.45, 7) is 15.9. The van der Waals surface area contributed by atoms with Crippen molar-refractivity contribution >= 4 is 17.5 Å². The minimum absolute atomic E-state index is 0.0612. The van der Waals surface area contributed by atoms with Gasteiger partial charge in [-0.25, -0.2) is 0 Å². The van der Waals surface area contributed by atoms with Gasteiger partial charge in [0.15, 0.2) is 0 Å². The minimum Gasteiger partial charge on any atom is -0.366 e. The Morgan fingerprint density at radius 2 is 1.64 bits per heavy atom. The number of benzene rings is 1. The largest absolute Gasteiger partial charge is 0.366 e. The molecule has 0 saturated carbocycles. The lowest BCUT2D eigenvalue weighted by Gasteiger charge is -2.18. The van der Waals surface area contributed by atoms with E-state index < -0.39 is 0 Å². The summed E-state index contributed by atoms with van der Waals surface area (Å²) in [5.41, 5.74) is 8.57. The van der Waals surface area contributed by atoms with Crippen LogP contribution in [0.5, 0.6) is 0 Å². The molecule has 0 spiro atoms. The Balaban J connectivity index is 0.000000609. The van der Waals surface area contributed by atoms with Crippen molar-refractivity contribution in [2.75, 3.05) is 25.0 Å². The van der Waals surface area contributed by atoms with Crippen LogP contribution in [0.25, 0.3) is 0 Å². The van der Waals surface area contributed by atoms with Gasteiger partial charge in [0.25, 0.3) is 0 Å². The van der Waals surface area contributed by atoms with E-state index in [-0.39, 0.29) is 11.8 Å². The topological polar surface area (TPSA) is 75.4 Å². The molecule has 25 heavy (non-hydrogen) atoms. The van der Waals surface area contributed by atoms with Gasteiger partial charge >= 0.3 is 0 Å². The van der Waals surface area contributed by atoms with E-state index in [9.17, 15) is 9.59 Å². The molecule has 3 N–H and O–H groups in total. The average Bonchev–Trinajstić information content (AvgIpc) is 2.57. The van der Waals surface area contributed by atoms with Crippen LogP contribution in [0.4, 0.5) is 5.69 Å². The van der Waals surface area contributed by atoms with Gasteiger partial charge in [-0.15, -0.1) is 0 Å². The lowest BCUT2D eigenvalue weighted by Crippen LogP contribution is -2.33. The molecular weight excluding hydrogens is 314 g/mol. The van der Waals surface area contributed by atoms with Crippen LogP contribution in [-0.4, -0.2) is 36.3 Å². The van der Waals surface area contributed by atoms with Crippen LogP contribution in [0.1, 0.15) is 44.7 Å². The summed E-state index contributed by atoms with van der Waals surface area (Å²) in [5.74, 6) is -0.321. The number of aryl methyl sites for hydroxylation is 2. The summed E-state index contributed by atoms with van der Waals surface area (Å²) in [6.07, 6.45) is 1.65. The van der Waals surface area contributed by atoms with Crippen molar-refractivity contribution in [1.29, 1.82) is 0 Å². The maximum atomic E-state index is 11.9. The van der Waals surface area contributed by atoms with Gasteiger partial charge in [0.05, 0.1) is 6.54 Å². The second kappa shape index (κ2) is 12.3. The highest BCUT2D eigenvalue weighted by Gasteiger charge is 2.10. The maximum absolute atomic E-state index is 11.9. The number of hydrogen-bond donors (Lipinski definition) is 2. The molecule has 0 atom stereocenters. The van der Waals surface area contributed by atoms with Crippen molar-refractivity contribution in [3.05, 3.63) is 41.5 Å². The number of nitrogens with zero attached hydrogens (tertiary/aromatic N) is 1. The maximum Gasteiger partial charge on any atom is 0.244 e. The predicted octanol–water partition coefficient (Wildman–Crippen LogP) is 3.41. The number of rotatable bonds is 8. The first-order valence-electron chi connectivity index (χ1n) is 8.82. The molecule has 1 aromatic rings. The van der Waals surface area contributed by atoms with Gasteiger partial charge < -0.3 is 11.1 Å². The van der Waals surface area contributed by atoms with Crippen LogP contribution in [0.2, 0.25) is 0 Å². The molecule has 5 heteroatoms. The SMILES string of the molecule is C=C(CCC)C(N)=O.CCN(CC)CC(=O)Nc1c(C)cccc1C. The highest BCUT2D eigenvalue weighted by atomic mass is 16.2. The van der Waals surface area contributed by atoms with Gasteiger partial charge in [0.1, 0.15) is 0 Å². The molecule has 5 nitrogen and oxygen atoms in total. The third-order valence-electron chi connectivity index (χ3n) is 3.91. The first-order valence-corrected chi connectivity index (χ1v) is 8.82. The van der Waals surface area contributed by atoms with Crippen molar-refractivity contribution in [1.82, 2.24) is 4.90 Å². The number of anilines is 1. The number of para-hydroxylation sites is 1. The Morgan fingerprint density at radius 1 is 1.12 bits per heavy atom. The number of nitrogens with two attached hydrogens (primary N) is 1. The predicted molar refractivity (Wildman–Crippen MR) is 106 cm³/mol. The Kier molecular flexibility index (Phi) is 11.2. The van der Waals surface area contributed by atoms with E-state index in [2.05, 4.69) is 30.6 Å². The molecule has 0 aliphatic carbocycles. The fourth-order valence-electron chi connectivity index (χ4n) is 2.27. The van der Waals surface area contributed by atoms with E-state index in [1.165, 1.54) is 0 Å². The molecule has 140 valence electrons. The molecule has 2 amide bonds. The van der Waals surface area contributed by atoms with E-state index in [1.807, 2.05) is 39.0 Å². The third kappa shape index (κ3) is 9.05. The van der Waals surface area contributed by atoms with Gasteiger partial charge in [-0.3, -0.25) is 14.5 Å². The lowest BCUT2D eigenvalue weighted by molar-refractivity contribution is -0.117. The summed E-state index contributed by atoms with van der Waals surface area (Å²) in [6, 6.07) is 6.03. The summed E-state index contributed by atoms with van der Waals surface area (Å²) >= 11 is 0. The van der Waals surface area contributed by atoms with Crippen molar-refractivity contribution in [3.8, 4) is 0 Å². The molecule has 0 aliphatic rings. The Hall–Kier alpha value is -2.14. The van der Waals surface area contributed by atoms with Crippen LogP contribution in [0.15, 0.2) is 30.4 Å². The summed E-state index contributed by atoms with van der Waals surface area (Å²) in [4.78, 5) is 24.2. The standard InChI is InChI=1S/C14H22N2O.C6H11NO/c1-5-16(6-2)10-13(17)15-14-11(3)8-7-9-12(14)4;1-3-4-5(2)6(7)8/h7-9H,5-6,10H2,1-4H3,(H,15,17);2-4H2,1H3,(H2,7,8). The van der Waals surface area contributed by atoms with Crippen molar-refractivity contribution in [3.63, 3.8) is 0 Å². The number of amides is 2. The quantitative estimate of drug-likeness (QED) is 0.708. The second-order valence-electron chi connectivity index (χ2n) is 5.99. The molecule has 0 aromatic heterocycles. The third-order valence-corrected chi connectivity index (χ3v) is 3.91. The molecule has 1 aromatic carbocycles. The number of primary amides is 1. The van der Waals surface area contributed by atoms with Crippen LogP contribution in [-0.2, 0) is 9.59 Å². The summed E-state index contributed by atoms with van der Waals surface area (Å²) < 4.78 is 0. The second-order valence-corrected chi connectivity index (χ2v) is 5.99. The van der Waals surface area contributed by atoms with E-state index in [1.54, 1.807) is 0 Å². The smallest absolute Gasteiger partial charge is 0.244 e. The zero-order valence-electron chi connectivity index (χ0n) is 16.3. The first kappa shape index (κ1) is 22.9. The molecule has 0 saturated heterocycles. The van der Waals surface area contributed by atoms with Gasteiger partial charge in [0, 0.05) is 11.3 Å². The number of nitrogens with one attached hydrogen (secondary N) is 1. The van der Waals surface area contributed by atoms with Crippen molar-refractivity contribution in [2.24, 2.45) is 5.73 Å². The first-order chi connectivity index (χ1) is 11.8. The van der Waals surface area contributed by atoms with Crippen LogP contribution in [0, 0.1) is 13.8 Å². The Morgan fingerprint density at radius 3 is 2.00 bits per heavy atom. The summed E-state index contributed by atoms with van der Waals surface area (Å²) in [5, 5.41) is 3.00. The fraction of sp³-hybridized carbons (Fsp3) is 0.500. The lowest BCUT2D eigenvalue weighted by atomic mass is 10.1. The number of carbonyl (C=O) groups is 2. The van der Waals surface area contributed by atoms with E-state index in [4.69, 9.17) is 5.73 Å². The number of hydrogen-bond acceptors (Lipinski definition) is 3. The average molecular weight is 348 g/mol. The number of likely N-dealkylation sites (N-methyl/N-ethyl adjacent to an activating group) is 1. The molecule has 1 rings (SSSR count). The van der Waals surface area contributed by atoms with Crippen LogP contribution in [0.3, 0.4) is 0 Å². The zero-order valence-corrected chi connectivity index (χ0v) is 16.3. The molecule has 0 fully saturated rings. The van der Waals surface area contributed by atoms with Crippen molar-refractivity contribution < 1.29 is 9.59 Å². The van der Waals surface area contributed by atoms with Crippen LogP contribution >= 0.6 is 0 Å².